The minimum Gasteiger partial charge on any atom is -0.487 e. The first kappa shape index (κ1) is 15.5. The van der Waals surface area contributed by atoms with E-state index >= 15 is 0 Å². The first-order valence-corrected chi connectivity index (χ1v) is 7.53. The van der Waals surface area contributed by atoms with E-state index in [1.54, 1.807) is 0 Å². The van der Waals surface area contributed by atoms with Gasteiger partial charge >= 0.3 is 5.97 Å². The Morgan fingerprint density at radius 1 is 1.57 bits per heavy atom. The number of carbonyl (C=O) groups is 1. The Labute approximate surface area is 126 Å². The fraction of sp³-hybridized carbons (Fsp3) is 0.562. The van der Waals surface area contributed by atoms with Crippen LogP contribution in [0.15, 0.2) is 18.2 Å². The van der Waals surface area contributed by atoms with Gasteiger partial charge in [0.25, 0.3) is 0 Å². The van der Waals surface area contributed by atoms with Gasteiger partial charge in [-0.05, 0) is 32.4 Å². The van der Waals surface area contributed by atoms with Gasteiger partial charge in [0.1, 0.15) is 23.6 Å². The zero-order valence-electron chi connectivity index (χ0n) is 13.0. The van der Waals surface area contributed by atoms with Crippen LogP contribution in [0.25, 0.3) is 0 Å². The van der Waals surface area contributed by atoms with Crippen LogP contribution in [0.2, 0.25) is 0 Å². The van der Waals surface area contributed by atoms with Crippen LogP contribution in [0.1, 0.15) is 33.6 Å². The lowest BCUT2D eigenvalue weighted by atomic mass is 10.1. The molecule has 2 unspecified atom stereocenters. The molecule has 1 aromatic rings. The molecule has 1 heterocycles. The molecule has 0 bridgehead atoms. The number of rotatable bonds is 5. The standard InChI is InChI=1S/C16H24N2O3/c1-4-5-9-20-16(19)12(3)18-10-11(2)21-14-8-6-7-13(17)15(14)18/h6-8,11-12H,4-5,9-10,17H2,1-3H3. The molecule has 0 fully saturated rings. The average Bonchev–Trinajstić information content (AvgIpc) is 2.45. The van der Waals surface area contributed by atoms with Crippen LogP contribution in [0.5, 0.6) is 5.75 Å². The number of anilines is 2. The summed E-state index contributed by atoms with van der Waals surface area (Å²) in [6.07, 6.45) is 1.90. The number of fused-ring (bicyclic) bond motifs is 1. The summed E-state index contributed by atoms with van der Waals surface area (Å²) in [5.74, 6) is 0.508. The lowest BCUT2D eigenvalue weighted by molar-refractivity contribution is -0.145. The smallest absolute Gasteiger partial charge is 0.328 e. The van der Waals surface area contributed by atoms with Crippen LogP contribution in [-0.2, 0) is 9.53 Å². The molecule has 0 spiro atoms. The SMILES string of the molecule is CCCCOC(=O)C(C)N1CC(C)Oc2cccc(N)c21. The second-order valence-electron chi connectivity index (χ2n) is 5.47. The summed E-state index contributed by atoms with van der Waals surface area (Å²) in [6.45, 7) is 6.98. The number of ether oxygens (including phenoxy) is 2. The van der Waals surface area contributed by atoms with Crippen molar-refractivity contribution < 1.29 is 14.3 Å². The van der Waals surface area contributed by atoms with E-state index in [1.165, 1.54) is 0 Å². The molecule has 1 aliphatic rings. The van der Waals surface area contributed by atoms with Gasteiger partial charge < -0.3 is 20.1 Å². The molecule has 1 aromatic carbocycles. The second kappa shape index (κ2) is 6.70. The highest BCUT2D eigenvalue weighted by Gasteiger charge is 2.32. The molecule has 2 atom stereocenters. The molecule has 5 nitrogen and oxygen atoms in total. The van der Waals surface area contributed by atoms with Crippen molar-refractivity contribution in [3.05, 3.63) is 18.2 Å². The van der Waals surface area contributed by atoms with Gasteiger partial charge in [0.05, 0.1) is 18.8 Å². The molecule has 1 aliphatic heterocycles. The van der Waals surface area contributed by atoms with Gasteiger partial charge in [0.2, 0.25) is 0 Å². The summed E-state index contributed by atoms with van der Waals surface area (Å²) in [5, 5.41) is 0. The molecule has 0 saturated carbocycles. The summed E-state index contributed by atoms with van der Waals surface area (Å²) in [7, 11) is 0. The number of nitrogens with two attached hydrogens (primary N) is 1. The van der Waals surface area contributed by atoms with E-state index in [2.05, 4.69) is 6.92 Å². The molecule has 0 saturated heterocycles. The molecule has 5 heteroatoms. The summed E-state index contributed by atoms with van der Waals surface area (Å²) in [5.41, 5.74) is 7.47. The molecule has 116 valence electrons. The Balaban J connectivity index is 2.18. The quantitative estimate of drug-likeness (QED) is 0.513. The third kappa shape index (κ3) is 3.40. The molecule has 2 N–H and O–H groups in total. The van der Waals surface area contributed by atoms with Crippen LogP contribution in [0.3, 0.4) is 0 Å². The van der Waals surface area contributed by atoms with Crippen molar-refractivity contribution in [2.24, 2.45) is 0 Å². The minimum absolute atomic E-state index is 0.00481. The Kier molecular flexibility index (Phi) is 4.94. The molecule has 0 amide bonds. The van der Waals surface area contributed by atoms with Crippen molar-refractivity contribution in [3.8, 4) is 5.75 Å². The van der Waals surface area contributed by atoms with Gasteiger partial charge in [-0.1, -0.05) is 19.4 Å². The first-order valence-electron chi connectivity index (χ1n) is 7.53. The van der Waals surface area contributed by atoms with E-state index in [1.807, 2.05) is 36.9 Å². The summed E-state index contributed by atoms with van der Waals surface area (Å²) in [4.78, 5) is 14.2. The van der Waals surface area contributed by atoms with Crippen LogP contribution >= 0.6 is 0 Å². The third-order valence-electron chi connectivity index (χ3n) is 3.65. The summed E-state index contributed by atoms with van der Waals surface area (Å²) < 4.78 is 11.1. The first-order chi connectivity index (χ1) is 10.0. The van der Waals surface area contributed by atoms with Crippen molar-refractivity contribution >= 4 is 17.3 Å². The number of esters is 1. The number of benzene rings is 1. The van der Waals surface area contributed by atoms with E-state index in [-0.39, 0.29) is 18.1 Å². The second-order valence-corrected chi connectivity index (χ2v) is 5.47. The number of para-hydroxylation sites is 1. The van der Waals surface area contributed by atoms with Crippen LogP contribution < -0.4 is 15.4 Å². The van der Waals surface area contributed by atoms with E-state index in [4.69, 9.17) is 15.2 Å². The number of hydrogen-bond acceptors (Lipinski definition) is 5. The molecular weight excluding hydrogens is 268 g/mol. The molecule has 0 aliphatic carbocycles. The lowest BCUT2D eigenvalue weighted by Gasteiger charge is -2.38. The van der Waals surface area contributed by atoms with Crippen LogP contribution in [0, 0.1) is 0 Å². The van der Waals surface area contributed by atoms with Crippen molar-refractivity contribution in [1.82, 2.24) is 0 Å². The average molecular weight is 292 g/mol. The van der Waals surface area contributed by atoms with E-state index in [9.17, 15) is 4.79 Å². The third-order valence-corrected chi connectivity index (χ3v) is 3.65. The number of nitrogen functional groups attached to an aromatic ring is 1. The van der Waals surface area contributed by atoms with Gasteiger partial charge in [0.15, 0.2) is 0 Å². The van der Waals surface area contributed by atoms with E-state index in [0.29, 0.717) is 18.8 Å². The monoisotopic (exact) mass is 292 g/mol. The maximum atomic E-state index is 12.2. The molecule has 0 aromatic heterocycles. The van der Waals surface area contributed by atoms with Crippen LogP contribution in [0.4, 0.5) is 11.4 Å². The molecular formula is C16H24N2O3. The van der Waals surface area contributed by atoms with Gasteiger partial charge in [-0.25, -0.2) is 4.79 Å². The Morgan fingerprint density at radius 3 is 3.05 bits per heavy atom. The highest BCUT2D eigenvalue weighted by atomic mass is 16.5. The maximum absolute atomic E-state index is 12.2. The van der Waals surface area contributed by atoms with Crippen molar-refractivity contribution in [2.45, 2.75) is 45.8 Å². The van der Waals surface area contributed by atoms with Gasteiger partial charge in [-0.3, -0.25) is 0 Å². The summed E-state index contributed by atoms with van der Waals surface area (Å²) >= 11 is 0. The van der Waals surface area contributed by atoms with Crippen molar-refractivity contribution in [3.63, 3.8) is 0 Å². The fourth-order valence-electron chi connectivity index (χ4n) is 2.48. The predicted octanol–water partition coefficient (Wildman–Crippen LogP) is 2.59. The summed E-state index contributed by atoms with van der Waals surface area (Å²) in [6, 6.07) is 5.18. The number of carbonyl (C=O) groups excluding carboxylic acids is 1. The Bertz CT molecular complexity index is 504. The molecule has 2 rings (SSSR count). The highest BCUT2D eigenvalue weighted by Crippen LogP contribution is 2.39. The zero-order chi connectivity index (χ0) is 15.4. The van der Waals surface area contributed by atoms with Crippen molar-refractivity contribution in [2.75, 3.05) is 23.8 Å². The molecule has 21 heavy (non-hydrogen) atoms. The number of nitrogens with zero attached hydrogens (tertiary/aromatic N) is 1. The van der Waals surface area contributed by atoms with Gasteiger partial charge in [-0.2, -0.15) is 0 Å². The Morgan fingerprint density at radius 2 is 2.33 bits per heavy atom. The van der Waals surface area contributed by atoms with Crippen molar-refractivity contribution in [1.29, 1.82) is 0 Å². The normalized spacial score (nSPS) is 18.6. The lowest BCUT2D eigenvalue weighted by Crippen LogP contribution is -2.47. The zero-order valence-corrected chi connectivity index (χ0v) is 13.0. The molecule has 0 radical (unpaired) electrons. The number of unbranched alkanes of at least 4 members (excludes halogenated alkanes) is 1. The topological polar surface area (TPSA) is 64.8 Å². The minimum atomic E-state index is -0.378. The Hall–Kier alpha value is -1.91. The van der Waals surface area contributed by atoms with E-state index in [0.717, 1.165) is 24.3 Å². The van der Waals surface area contributed by atoms with Crippen LogP contribution in [-0.4, -0.2) is 31.3 Å². The fourth-order valence-corrected chi connectivity index (χ4v) is 2.48. The number of hydrogen-bond donors (Lipinski definition) is 1. The highest BCUT2D eigenvalue weighted by molar-refractivity contribution is 5.85. The van der Waals surface area contributed by atoms with Gasteiger partial charge in [0, 0.05) is 0 Å². The maximum Gasteiger partial charge on any atom is 0.328 e. The predicted molar refractivity (Wildman–Crippen MR) is 83.6 cm³/mol. The van der Waals surface area contributed by atoms with E-state index < -0.39 is 0 Å². The van der Waals surface area contributed by atoms with Gasteiger partial charge in [-0.15, -0.1) is 0 Å². The largest absolute Gasteiger partial charge is 0.487 e.